The number of hydrogen-bond donors (Lipinski definition) is 1. The molecule has 0 fully saturated rings. The molecule has 8 nitrogen and oxygen atoms in total. The molecular formula is C40H57N3O5S. The molecule has 268 valence electrons. The van der Waals surface area contributed by atoms with Crippen molar-refractivity contribution in [1.29, 1.82) is 0 Å². The van der Waals surface area contributed by atoms with Gasteiger partial charge in [0.2, 0.25) is 5.71 Å². The molecule has 0 spiro atoms. The number of unbranched alkanes of at least 4 members (excludes halogenated alkanes) is 1. The van der Waals surface area contributed by atoms with E-state index in [0.717, 1.165) is 67.8 Å². The lowest BCUT2D eigenvalue weighted by Crippen LogP contribution is -2.74. The Bertz CT molecular complexity index is 1790. The molecule has 49 heavy (non-hydrogen) atoms. The van der Waals surface area contributed by atoms with Gasteiger partial charge in [-0.2, -0.15) is 0 Å². The van der Waals surface area contributed by atoms with E-state index >= 15 is 0 Å². The number of esters is 1. The molecule has 0 saturated carbocycles. The zero-order valence-electron chi connectivity index (χ0n) is 31.4. The van der Waals surface area contributed by atoms with Crippen molar-refractivity contribution in [2.45, 2.75) is 124 Å². The highest BCUT2D eigenvalue weighted by Crippen LogP contribution is 2.51. The summed E-state index contributed by atoms with van der Waals surface area (Å²) in [5, 5.41) is 0. The Kier molecular flexibility index (Phi) is 10.2. The third-order valence-electron chi connectivity index (χ3n) is 11.0. The Morgan fingerprint density at radius 2 is 1.59 bits per heavy atom. The summed E-state index contributed by atoms with van der Waals surface area (Å²) in [5.74, 6) is -0.353. The van der Waals surface area contributed by atoms with Crippen LogP contribution in [0.3, 0.4) is 0 Å². The van der Waals surface area contributed by atoms with Gasteiger partial charge in [-0.3, -0.25) is 4.79 Å². The van der Waals surface area contributed by atoms with Gasteiger partial charge in [0.15, 0.2) is 0 Å². The van der Waals surface area contributed by atoms with E-state index in [1.165, 1.54) is 27.9 Å². The number of likely N-dealkylation sites (N-methyl/N-ethyl adjacent to an activating group) is 1. The molecular weight excluding hydrogens is 635 g/mol. The summed E-state index contributed by atoms with van der Waals surface area (Å²) >= 11 is 0. The van der Waals surface area contributed by atoms with Crippen LogP contribution in [0, 0.1) is 0 Å². The highest BCUT2D eigenvalue weighted by Gasteiger charge is 2.44. The minimum absolute atomic E-state index is 0.0884. The maximum Gasteiger partial charge on any atom is 0.305 e. The lowest BCUT2D eigenvalue weighted by Gasteiger charge is -2.49. The van der Waals surface area contributed by atoms with Crippen molar-refractivity contribution in [2.75, 3.05) is 41.8 Å². The number of fused-ring (bicyclic) bond motifs is 4. The third kappa shape index (κ3) is 7.07. The molecule has 2 aliphatic heterocycles. The molecule has 3 aliphatic rings. The van der Waals surface area contributed by atoms with Gasteiger partial charge in [-0.25, -0.2) is 13.4 Å². The average Bonchev–Trinajstić information content (AvgIpc) is 2.98. The van der Waals surface area contributed by atoms with Crippen molar-refractivity contribution in [3.05, 3.63) is 63.7 Å². The smallest absolute Gasteiger partial charge is 0.305 e. The number of hydrogen-bond acceptors (Lipinski definition) is 7. The minimum Gasteiger partial charge on any atom is -0.748 e. The molecule has 1 N–H and O–H groups in total. The quantitative estimate of drug-likeness (QED) is 0.175. The molecule has 1 unspecified atom stereocenters. The first-order valence-corrected chi connectivity index (χ1v) is 19.8. The van der Waals surface area contributed by atoms with E-state index in [1.54, 1.807) is 0 Å². The third-order valence-corrected chi connectivity index (χ3v) is 11.6. The van der Waals surface area contributed by atoms with Crippen LogP contribution in [-0.4, -0.2) is 67.7 Å². The molecule has 0 aromatic heterocycles. The Labute approximate surface area is 294 Å². The summed E-state index contributed by atoms with van der Waals surface area (Å²) in [5.41, 5.74) is 9.66. The number of carbonyl (C=O) groups is 1. The zero-order chi connectivity index (χ0) is 36.1. The second-order valence-corrected chi connectivity index (χ2v) is 17.3. The fourth-order valence-electron chi connectivity index (χ4n) is 8.73. The summed E-state index contributed by atoms with van der Waals surface area (Å²) in [6.07, 6.45) is 6.14. The number of anilines is 2. The SMILES string of the molecule is CCCC[NH+]=C1c2cc3c(cc2C(C)(C)c2cc4c(cc21)C(C)CC(C)(C)N4CCCC(=O)OCC)N(CC)C(C)(C)C=C3CS(=O)(=O)[O-]. The largest absolute Gasteiger partial charge is 0.748 e. The van der Waals surface area contributed by atoms with E-state index in [-0.39, 0.29) is 16.9 Å². The van der Waals surface area contributed by atoms with Crippen LogP contribution in [0.4, 0.5) is 11.4 Å². The van der Waals surface area contributed by atoms with Crippen LogP contribution in [0.2, 0.25) is 0 Å². The second kappa shape index (κ2) is 13.5. The molecule has 0 saturated heterocycles. The van der Waals surface area contributed by atoms with Gasteiger partial charge >= 0.3 is 5.97 Å². The van der Waals surface area contributed by atoms with Crippen molar-refractivity contribution in [1.82, 2.24) is 0 Å². The second-order valence-electron chi connectivity index (χ2n) is 15.9. The van der Waals surface area contributed by atoms with Gasteiger partial charge in [0.25, 0.3) is 0 Å². The Balaban J connectivity index is 1.73. The highest BCUT2D eigenvalue weighted by atomic mass is 32.2. The molecule has 2 aromatic carbocycles. The van der Waals surface area contributed by atoms with Crippen molar-refractivity contribution < 1.29 is 27.5 Å². The number of nitrogens with one attached hydrogen (secondary N) is 1. The fourth-order valence-corrected chi connectivity index (χ4v) is 9.35. The number of ether oxygens (including phenoxy) is 1. The van der Waals surface area contributed by atoms with Crippen molar-refractivity contribution in [3.8, 4) is 0 Å². The topological polar surface area (TPSA) is 104 Å². The van der Waals surface area contributed by atoms with Gasteiger partial charge in [0.05, 0.1) is 39.1 Å². The van der Waals surface area contributed by atoms with Gasteiger partial charge < -0.3 is 19.1 Å². The van der Waals surface area contributed by atoms with Gasteiger partial charge in [-0.05, 0) is 107 Å². The lowest BCUT2D eigenvalue weighted by atomic mass is 9.65. The van der Waals surface area contributed by atoms with Crippen LogP contribution >= 0.6 is 0 Å². The fraction of sp³-hybridized carbons (Fsp3) is 0.600. The van der Waals surface area contributed by atoms with Gasteiger partial charge in [-0.15, -0.1) is 0 Å². The maximum atomic E-state index is 12.3. The van der Waals surface area contributed by atoms with Gasteiger partial charge in [0, 0.05) is 53.8 Å². The number of rotatable bonds is 11. The van der Waals surface area contributed by atoms with E-state index in [4.69, 9.17) is 4.74 Å². The zero-order valence-corrected chi connectivity index (χ0v) is 32.2. The van der Waals surface area contributed by atoms with Crippen LogP contribution in [0.1, 0.15) is 141 Å². The summed E-state index contributed by atoms with van der Waals surface area (Å²) in [6.45, 7) is 24.5. The Hall–Kier alpha value is -3.17. The molecule has 2 aromatic rings. The molecule has 2 heterocycles. The first-order valence-electron chi connectivity index (χ1n) is 18.2. The van der Waals surface area contributed by atoms with Gasteiger partial charge in [0.1, 0.15) is 6.54 Å². The molecule has 0 radical (unpaired) electrons. The van der Waals surface area contributed by atoms with Crippen LogP contribution in [0.5, 0.6) is 0 Å². The van der Waals surface area contributed by atoms with Crippen molar-refractivity contribution >= 4 is 38.7 Å². The molecule has 1 atom stereocenters. The summed E-state index contributed by atoms with van der Waals surface area (Å²) in [7, 11) is -4.50. The van der Waals surface area contributed by atoms with Crippen LogP contribution in [0.25, 0.3) is 5.57 Å². The van der Waals surface area contributed by atoms with E-state index in [1.807, 2.05) is 13.0 Å². The Morgan fingerprint density at radius 1 is 0.939 bits per heavy atom. The Morgan fingerprint density at radius 3 is 2.20 bits per heavy atom. The van der Waals surface area contributed by atoms with Crippen molar-refractivity contribution in [2.24, 2.45) is 0 Å². The molecule has 0 bridgehead atoms. The lowest BCUT2D eigenvalue weighted by molar-refractivity contribution is -0.456. The first kappa shape index (κ1) is 37.1. The normalized spacial score (nSPS) is 21.0. The van der Waals surface area contributed by atoms with E-state index in [2.05, 4.69) is 101 Å². The van der Waals surface area contributed by atoms with Gasteiger partial charge in [-0.1, -0.05) is 40.2 Å². The first-order chi connectivity index (χ1) is 22.9. The van der Waals surface area contributed by atoms with E-state index in [0.29, 0.717) is 24.5 Å². The highest BCUT2D eigenvalue weighted by molar-refractivity contribution is 7.86. The van der Waals surface area contributed by atoms with Crippen LogP contribution < -0.4 is 14.8 Å². The monoisotopic (exact) mass is 691 g/mol. The maximum absolute atomic E-state index is 12.3. The summed E-state index contributed by atoms with van der Waals surface area (Å²) < 4.78 is 41.8. The molecule has 0 amide bonds. The van der Waals surface area contributed by atoms with E-state index < -0.39 is 21.4 Å². The number of benzene rings is 2. The summed E-state index contributed by atoms with van der Waals surface area (Å²) in [4.78, 5) is 20.9. The number of nitrogens with zero attached hydrogens (tertiary/aromatic N) is 2. The molecule has 1 aliphatic carbocycles. The molecule has 5 rings (SSSR count). The predicted molar refractivity (Wildman–Crippen MR) is 199 cm³/mol. The predicted octanol–water partition coefficient (Wildman–Crippen LogP) is 6.03. The van der Waals surface area contributed by atoms with Crippen LogP contribution in [-0.2, 0) is 25.1 Å². The number of carbonyl (C=O) groups excluding carboxylic acids is 1. The van der Waals surface area contributed by atoms with Crippen LogP contribution in [0.15, 0.2) is 30.3 Å². The average molecular weight is 692 g/mol. The summed E-state index contributed by atoms with van der Waals surface area (Å²) in [6, 6.07) is 9.20. The van der Waals surface area contributed by atoms with E-state index in [9.17, 15) is 17.8 Å². The molecule has 9 heteroatoms. The van der Waals surface area contributed by atoms with Crippen molar-refractivity contribution in [3.63, 3.8) is 0 Å². The minimum atomic E-state index is -4.50. The standard InChI is InChI=1S/C40H57N3O5S/c1-11-14-17-41-37-30-19-28-26(4)23-38(5,6)43(18-15-16-36(44)48-13-3)34(28)21-32(30)40(9,10)33-22-35-29(20-31(33)37)27(25-49(45,46)47)24-39(7,8)42(35)12-2/h19-22,24,26H,11-18,23,25H2,1-10H3,(H,45,46,47).